The molecule has 2 atom stereocenters. The summed E-state index contributed by atoms with van der Waals surface area (Å²) in [7, 11) is 0. The maximum absolute atomic E-state index is 11.3. The number of ketones is 1. The van der Waals surface area contributed by atoms with Gasteiger partial charge in [-0.1, -0.05) is 0 Å². The van der Waals surface area contributed by atoms with Gasteiger partial charge in [-0.3, -0.25) is 14.4 Å². The van der Waals surface area contributed by atoms with Gasteiger partial charge in [0.25, 0.3) is 0 Å². The molecule has 1 N–H and O–H groups in total. The summed E-state index contributed by atoms with van der Waals surface area (Å²) in [6, 6.07) is 0. The zero-order valence-corrected chi connectivity index (χ0v) is 8.78. The van der Waals surface area contributed by atoms with Gasteiger partial charge in [-0.25, -0.2) is 0 Å². The summed E-state index contributed by atoms with van der Waals surface area (Å²) in [5.74, 6) is -2.03. The topological polar surface area (TPSA) is 80.7 Å². The zero-order chi connectivity index (χ0) is 11.6. The number of carbonyl (C=O) groups is 3. The SMILES string of the molecule is CC(=O)C1CC(=O)OC1(C)CCC(=O)O. The predicted molar refractivity (Wildman–Crippen MR) is 50.2 cm³/mol. The third kappa shape index (κ3) is 2.55. The van der Waals surface area contributed by atoms with Gasteiger partial charge in [0.15, 0.2) is 0 Å². The molecule has 0 aromatic rings. The number of carboxylic acids is 1. The molecule has 0 bridgehead atoms. The van der Waals surface area contributed by atoms with Gasteiger partial charge in [-0.05, 0) is 20.3 Å². The van der Waals surface area contributed by atoms with Gasteiger partial charge in [-0.15, -0.1) is 0 Å². The number of hydrogen-bond donors (Lipinski definition) is 1. The van der Waals surface area contributed by atoms with Crippen molar-refractivity contribution >= 4 is 17.7 Å². The second kappa shape index (κ2) is 4.00. The Morgan fingerprint density at radius 2 is 2.20 bits per heavy atom. The van der Waals surface area contributed by atoms with Crippen molar-refractivity contribution in [2.75, 3.05) is 0 Å². The standard InChI is InChI=1S/C10H14O5/c1-6(11)7-5-9(14)15-10(7,2)4-3-8(12)13/h7H,3-5H2,1-2H3,(H,12,13). The van der Waals surface area contributed by atoms with Gasteiger partial charge >= 0.3 is 11.9 Å². The number of aliphatic carboxylic acids is 1. The Morgan fingerprint density at radius 1 is 1.60 bits per heavy atom. The van der Waals surface area contributed by atoms with Crippen molar-refractivity contribution in [3.05, 3.63) is 0 Å². The first-order chi connectivity index (χ1) is 6.85. The van der Waals surface area contributed by atoms with Gasteiger partial charge in [0, 0.05) is 6.42 Å². The van der Waals surface area contributed by atoms with Crippen LogP contribution in [0.25, 0.3) is 0 Å². The summed E-state index contributed by atoms with van der Waals surface area (Å²) in [5.41, 5.74) is -0.943. The number of rotatable bonds is 4. The number of esters is 1. The highest BCUT2D eigenvalue weighted by atomic mass is 16.6. The lowest BCUT2D eigenvalue weighted by Crippen LogP contribution is -2.36. The molecule has 1 aliphatic heterocycles. The van der Waals surface area contributed by atoms with E-state index < -0.39 is 23.5 Å². The average Bonchev–Trinajstić information content (AvgIpc) is 2.39. The molecule has 0 aliphatic carbocycles. The quantitative estimate of drug-likeness (QED) is 0.699. The molecule has 0 aromatic heterocycles. The molecule has 0 saturated carbocycles. The van der Waals surface area contributed by atoms with Gasteiger partial charge in [0.2, 0.25) is 0 Å². The van der Waals surface area contributed by atoms with Crippen molar-refractivity contribution in [2.45, 2.75) is 38.7 Å². The predicted octanol–water partition coefficient (Wildman–Crippen LogP) is 0.762. The summed E-state index contributed by atoms with van der Waals surface area (Å²) < 4.78 is 5.05. The third-order valence-corrected chi connectivity index (χ3v) is 2.78. The summed E-state index contributed by atoms with van der Waals surface area (Å²) in [6.45, 7) is 3.01. The highest BCUT2D eigenvalue weighted by Crippen LogP contribution is 2.37. The zero-order valence-electron chi connectivity index (χ0n) is 8.78. The second-order valence-electron chi connectivity index (χ2n) is 4.05. The van der Waals surface area contributed by atoms with Crippen molar-refractivity contribution < 1.29 is 24.2 Å². The van der Waals surface area contributed by atoms with Crippen LogP contribution >= 0.6 is 0 Å². The molecular weight excluding hydrogens is 200 g/mol. The molecule has 1 fully saturated rings. The molecule has 1 heterocycles. The smallest absolute Gasteiger partial charge is 0.307 e. The minimum atomic E-state index is -0.957. The van der Waals surface area contributed by atoms with E-state index in [2.05, 4.69) is 0 Å². The van der Waals surface area contributed by atoms with Crippen LogP contribution < -0.4 is 0 Å². The van der Waals surface area contributed by atoms with E-state index in [9.17, 15) is 14.4 Å². The van der Waals surface area contributed by atoms with Crippen LogP contribution in [0.4, 0.5) is 0 Å². The number of carboxylic acid groups (broad SMARTS) is 1. The van der Waals surface area contributed by atoms with Gasteiger partial charge in [0.1, 0.15) is 11.4 Å². The van der Waals surface area contributed by atoms with Crippen LogP contribution in [0.5, 0.6) is 0 Å². The van der Waals surface area contributed by atoms with Crippen molar-refractivity contribution in [3.8, 4) is 0 Å². The Labute approximate surface area is 87.4 Å². The number of Topliss-reactive ketones (excluding diaryl/α,β-unsaturated/α-hetero) is 1. The fourth-order valence-corrected chi connectivity index (χ4v) is 1.91. The van der Waals surface area contributed by atoms with E-state index in [1.54, 1.807) is 6.92 Å². The first kappa shape index (κ1) is 11.7. The largest absolute Gasteiger partial charge is 0.481 e. The molecule has 84 valence electrons. The van der Waals surface area contributed by atoms with Gasteiger partial charge in [-0.2, -0.15) is 0 Å². The van der Waals surface area contributed by atoms with E-state index in [4.69, 9.17) is 9.84 Å². The van der Waals surface area contributed by atoms with E-state index in [0.717, 1.165) is 0 Å². The lowest BCUT2D eigenvalue weighted by Gasteiger charge is -2.27. The van der Waals surface area contributed by atoms with E-state index in [-0.39, 0.29) is 25.0 Å². The van der Waals surface area contributed by atoms with Crippen molar-refractivity contribution in [2.24, 2.45) is 5.92 Å². The molecule has 1 rings (SSSR count). The van der Waals surface area contributed by atoms with Crippen LogP contribution in [-0.2, 0) is 19.1 Å². The number of hydrogen-bond acceptors (Lipinski definition) is 4. The van der Waals surface area contributed by atoms with Crippen LogP contribution in [-0.4, -0.2) is 28.4 Å². The third-order valence-electron chi connectivity index (χ3n) is 2.78. The van der Waals surface area contributed by atoms with E-state index in [1.807, 2.05) is 0 Å². The maximum atomic E-state index is 11.3. The molecule has 0 spiro atoms. The Bertz CT molecular complexity index is 309. The Hall–Kier alpha value is -1.39. The molecule has 0 radical (unpaired) electrons. The van der Waals surface area contributed by atoms with Crippen LogP contribution in [0.15, 0.2) is 0 Å². The van der Waals surface area contributed by atoms with Crippen molar-refractivity contribution in [1.29, 1.82) is 0 Å². The summed E-state index contributed by atoms with van der Waals surface area (Å²) in [4.78, 5) is 32.8. The maximum Gasteiger partial charge on any atom is 0.307 e. The Kier molecular flexibility index (Phi) is 3.12. The molecule has 2 unspecified atom stereocenters. The van der Waals surface area contributed by atoms with Gasteiger partial charge in [0.05, 0.1) is 12.3 Å². The minimum Gasteiger partial charge on any atom is -0.481 e. The molecule has 5 heteroatoms. The van der Waals surface area contributed by atoms with E-state index in [0.29, 0.717) is 0 Å². The Morgan fingerprint density at radius 3 is 2.67 bits per heavy atom. The van der Waals surface area contributed by atoms with E-state index in [1.165, 1.54) is 6.92 Å². The van der Waals surface area contributed by atoms with Gasteiger partial charge < -0.3 is 9.84 Å². The monoisotopic (exact) mass is 214 g/mol. The molecule has 1 aliphatic rings. The second-order valence-corrected chi connectivity index (χ2v) is 4.05. The average molecular weight is 214 g/mol. The van der Waals surface area contributed by atoms with E-state index >= 15 is 0 Å². The van der Waals surface area contributed by atoms with Crippen LogP contribution in [0.1, 0.15) is 33.1 Å². The number of cyclic esters (lactones) is 1. The van der Waals surface area contributed by atoms with Crippen LogP contribution in [0.3, 0.4) is 0 Å². The summed E-state index contributed by atoms with van der Waals surface area (Å²) in [5, 5.41) is 8.55. The van der Waals surface area contributed by atoms with Crippen molar-refractivity contribution in [1.82, 2.24) is 0 Å². The summed E-state index contributed by atoms with van der Waals surface area (Å²) >= 11 is 0. The fourth-order valence-electron chi connectivity index (χ4n) is 1.91. The lowest BCUT2D eigenvalue weighted by atomic mass is 9.83. The molecule has 5 nitrogen and oxygen atoms in total. The molecule has 0 amide bonds. The normalized spacial score (nSPS) is 30.0. The molecular formula is C10H14O5. The molecule has 1 saturated heterocycles. The first-order valence-corrected chi connectivity index (χ1v) is 4.79. The number of carbonyl (C=O) groups excluding carboxylic acids is 2. The lowest BCUT2D eigenvalue weighted by molar-refractivity contribution is -0.152. The fraction of sp³-hybridized carbons (Fsp3) is 0.700. The van der Waals surface area contributed by atoms with Crippen LogP contribution in [0, 0.1) is 5.92 Å². The Balaban J connectivity index is 2.75. The first-order valence-electron chi connectivity index (χ1n) is 4.79. The van der Waals surface area contributed by atoms with Crippen LogP contribution in [0.2, 0.25) is 0 Å². The molecule has 15 heavy (non-hydrogen) atoms. The minimum absolute atomic E-state index is 0.0610. The highest BCUT2D eigenvalue weighted by Gasteiger charge is 2.47. The summed E-state index contributed by atoms with van der Waals surface area (Å²) in [6.07, 6.45) is 0.136. The highest BCUT2D eigenvalue weighted by molar-refractivity contribution is 5.87. The number of ether oxygens (including phenoxy) is 1. The molecule has 0 aromatic carbocycles. The van der Waals surface area contributed by atoms with Crippen molar-refractivity contribution in [3.63, 3.8) is 0 Å².